The minimum atomic E-state index is -2.85. The summed E-state index contributed by atoms with van der Waals surface area (Å²) in [5.41, 5.74) is 0. The fraction of sp³-hybridized carbons (Fsp3) is 0.667. The van der Waals surface area contributed by atoms with E-state index in [1.807, 2.05) is 4.90 Å². The van der Waals surface area contributed by atoms with Crippen LogP contribution in [0, 0.1) is 0 Å². The molecule has 2 rings (SSSR count). The molecule has 78 valence electrons. The van der Waals surface area contributed by atoms with E-state index in [1.54, 1.807) is 0 Å². The van der Waals surface area contributed by atoms with Crippen LogP contribution in [0.3, 0.4) is 0 Å². The van der Waals surface area contributed by atoms with Gasteiger partial charge in [0.1, 0.15) is 0 Å². The summed E-state index contributed by atoms with van der Waals surface area (Å²) in [6, 6.07) is 0. The number of halogens is 1. The fourth-order valence-electron chi connectivity index (χ4n) is 1.29. The van der Waals surface area contributed by atoms with E-state index in [-0.39, 0.29) is 11.5 Å². The predicted molar refractivity (Wildman–Crippen MR) is 55.8 cm³/mol. The Morgan fingerprint density at radius 1 is 1.29 bits per heavy atom. The zero-order valence-corrected chi connectivity index (χ0v) is 9.57. The molecule has 0 amide bonds. The number of anilines is 1. The molecule has 2 heterocycles. The predicted octanol–water partition coefficient (Wildman–Crippen LogP) is 0.426. The van der Waals surface area contributed by atoms with Crippen molar-refractivity contribution in [3.63, 3.8) is 0 Å². The van der Waals surface area contributed by atoms with Gasteiger partial charge >= 0.3 is 0 Å². The van der Waals surface area contributed by atoms with Gasteiger partial charge in [0.15, 0.2) is 20.8 Å². The van der Waals surface area contributed by atoms with Crippen LogP contribution in [0.4, 0.5) is 5.82 Å². The van der Waals surface area contributed by atoms with Gasteiger partial charge in [-0.1, -0.05) is 11.6 Å². The van der Waals surface area contributed by atoms with E-state index >= 15 is 0 Å². The molecule has 0 bridgehead atoms. The van der Waals surface area contributed by atoms with Crippen molar-refractivity contribution in [1.29, 1.82) is 0 Å². The molecule has 0 aromatic carbocycles. The van der Waals surface area contributed by atoms with Crippen LogP contribution in [-0.4, -0.2) is 41.8 Å². The van der Waals surface area contributed by atoms with Crippen molar-refractivity contribution in [3.8, 4) is 0 Å². The highest BCUT2D eigenvalue weighted by atomic mass is 35.5. The van der Waals surface area contributed by atoms with Crippen LogP contribution in [0.2, 0.25) is 5.15 Å². The maximum absolute atomic E-state index is 11.2. The summed E-state index contributed by atoms with van der Waals surface area (Å²) < 4.78 is 30.2. The molecule has 1 aliphatic rings. The Bertz CT molecular complexity index is 416. The number of sulfone groups is 1. The highest BCUT2D eigenvalue weighted by Gasteiger charge is 2.24. The number of hydrogen-bond donors (Lipinski definition) is 0. The SMILES string of the molecule is O=S1(=O)CCN(c2nsnc2Cl)CC1. The minimum absolute atomic E-state index is 0.168. The Hall–Kier alpha value is -0.400. The van der Waals surface area contributed by atoms with Crippen molar-refractivity contribution >= 4 is 39.0 Å². The highest BCUT2D eigenvalue weighted by molar-refractivity contribution is 7.91. The van der Waals surface area contributed by atoms with Crippen LogP contribution in [0.5, 0.6) is 0 Å². The largest absolute Gasteiger partial charge is 0.351 e. The second kappa shape index (κ2) is 3.63. The highest BCUT2D eigenvalue weighted by Crippen LogP contribution is 2.23. The Kier molecular flexibility index (Phi) is 2.63. The monoisotopic (exact) mass is 253 g/mol. The molecule has 1 saturated heterocycles. The first-order valence-electron chi connectivity index (χ1n) is 4.02. The summed E-state index contributed by atoms with van der Waals surface area (Å²) in [6.45, 7) is 0.904. The topological polar surface area (TPSA) is 63.2 Å². The normalized spacial score (nSPS) is 21.1. The molecule has 14 heavy (non-hydrogen) atoms. The molecular formula is C6H8ClN3O2S2. The van der Waals surface area contributed by atoms with E-state index in [2.05, 4.69) is 8.75 Å². The molecule has 0 saturated carbocycles. The van der Waals surface area contributed by atoms with E-state index in [0.717, 1.165) is 11.7 Å². The zero-order valence-electron chi connectivity index (χ0n) is 7.18. The number of rotatable bonds is 1. The van der Waals surface area contributed by atoms with Crippen LogP contribution < -0.4 is 4.90 Å². The van der Waals surface area contributed by atoms with Crippen molar-refractivity contribution in [1.82, 2.24) is 8.75 Å². The summed E-state index contributed by atoms with van der Waals surface area (Å²) >= 11 is 6.83. The molecule has 0 N–H and O–H groups in total. The Morgan fingerprint density at radius 3 is 2.43 bits per heavy atom. The second-order valence-electron chi connectivity index (χ2n) is 3.02. The quantitative estimate of drug-likeness (QED) is 0.726. The molecule has 0 aliphatic carbocycles. The van der Waals surface area contributed by atoms with Gasteiger partial charge in [-0.15, -0.1) is 0 Å². The number of hydrogen-bond acceptors (Lipinski definition) is 6. The molecule has 0 unspecified atom stereocenters. The molecule has 1 aromatic rings. The summed E-state index contributed by atoms with van der Waals surface area (Å²) in [5, 5.41) is 0.356. The van der Waals surface area contributed by atoms with Gasteiger partial charge in [-0.2, -0.15) is 8.75 Å². The van der Waals surface area contributed by atoms with Gasteiger partial charge in [-0.25, -0.2) is 8.42 Å². The average Bonchev–Trinajstić information content (AvgIpc) is 2.52. The van der Waals surface area contributed by atoms with Crippen LogP contribution in [-0.2, 0) is 9.84 Å². The average molecular weight is 254 g/mol. The van der Waals surface area contributed by atoms with Gasteiger partial charge in [0, 0.05) is 13.1 Å². The molecule has 0 atom stereocenters. The third kappa shape index (κ3) is 1.99. The van der Waals surface area contributed by atoms with E-state index in [9.17, 15) is 8.42 Å². The first kappa shape index (κ1) is 10.1. The fourth-order valence-corrected chi connectivity index (χ4v) is 3.26. The molecular weight excluding hydrogens is 246 g/mol. The molecule has 1 aromatic heterocycles. The molecule has 5 nitrogen and oxygen atoms in total. The summed E-state index contributed by atoms with van der Waals surface area (Å²) in [7, 11) is -2.85. The van der Waals surface area contributed by atoms with E-state index in [4.69, 9.17) is 11.6 Å². The van der Waals surface area contributed by atoms with Gasteiger partial charge in [0.2, 0.25) is 0 Å². The van der Waals surface area contributed by atoms with Gasteiger partial charge in [0.25, 0.3) is 0 Å². The smallest absolute Gasteiger partial charge is 0.187 e. The van der Waals surface area contributed by atoms with Crippen molar-refractivity contribution in [2.24, 2.45) is 0 Å². The summed E-state index contributed by atoms with van der Waals surface area (Å²) in [5.74, 6) is 0.938. The lowest BCUT2D eigenvalue weighted by Gasteiger charge is -2.26. The number of aromatic nitrogens is 2. The van der Waals surface area contributed by atoms with Gasteiger partial charge in [0.05, 0.1) is 23.2 Å². The standard InChI is InChI=1S/C6H8ClN3O2S2/c7-5-6(9-13-8-5)10-1-3-14(11,12)4-2-10/h1-4H2. The Labute approximate surface area is 90.9 Å². The zero-order chi connectivity index (χ0) is 10.2. The van der Waals surface area contributed by atoms with Crippen LogP contribution >= 0.6 is 23.3 Å². The van der Waals surface area contributed by atoms with Gasteiger partial charge < -0.3 is 4.90 Å². The number of nitrogens with zero attached hydrogens (tertiary/aromatic N) is 3. The van der Waals surface area contributed by atoms with Gasteiger partial charge in [-0.05, 0) is 0 Å². The van der Waals surface area contributed by atoms with Crippen LogP contribution in [0.15, 0.2) is 0 Å². The lowest BCUT2D eigenvalue weighted by molar-refractivity contribution is 0.586. The molecule has 1 fully saturated rings. The Morgan fingerprint density at radius 2 is 1.93 bits per heavy atom. The molecule has 8 heteroatoms. The molecule has 0 spiro atoms. The first-order chi connectivity index (χ1) is 6.58. The van der Waals surface area contributed by atoms with Crippen molar-refractivity contribution < 1.29 is 8.42 Å². The minimum Gasteiger partial charge on any atom is -0.351 e. The maximum Gasteiger partial charge on any atom is 0.187 e. The van der Waals surface area contributed by atoms with Crippen molar-refractivity contribution in [3.05, 3.63) is 5.15 Å². The second-order valence-corrected chi connectivity index (χ2v) is 6.21. The van der Waals surface area contributed by atoms with E-state index in [0.29, 0.717) is 24.1 Å². The van der Waals surface area contributed by atoms with E-state index < -0.39 is 9.84 Å². The summed E-state index contributed by atoms with van der Waals surface area (Å²) in [4.78, 5) is 1.85. The summed E-state index contributed by atoms with van der Waals surface area (Å²) in [6.07, 6.45) is 0. The molecule has 0 radical (unpaired) electrons. The third-order valence-electron chi connectivity index (χ3n) is 2.08. The van der Waals surface area contributed by atoms with Gasteiger partial charge in [-0.3, -0.25) is 0 Å². The molecule has 1 aliphatic heterocycles. The Balaban J connectivity index is 2.13. The van der Waals surface area contributed by atoms with E-state index in [1.165, 1.54) is 0 Å². The lowest BCUT2D eigenvalue weighted by atomic mass is 10.5. The van der Waals surface area contributed by atoms with Crippen molar-refractivity contribution in [2.45, 2.75) is 0 Å². The lowest BCUT2D eigenvalue weighted by Crippen LogP contribution is -2.40. The van der Waals surface area contributed by atoms with Crippen LogP contribution in [0.1, 0.15) is 0 Å². The first-order valence-corrected chi connectivity index (χ1v) is 6.95. The van der Waals surface area contributed by atoms with Crippen molar-refractivity contribution in [2.75, 3.05) is 29.5 Å². The van der Waals surface area contributed by atoms with Crippen LogP contribution in [0.25, 0.3) is 0 Å². The third-order valence-corrected chi connectivity index (χ3v) is 4.56. The maximum atomic E-state index is 11.2.